The molecule has 4 rings (SSSR count). The normalized spacial score (nSPS) is 13.9. The van der Waals surface area contributed by atoms with Crippen LogP contribution in [0, 0.1) is 18.7 Å². The van der Waals surface area contributed by atoms with Gasteiger partial charge >= 0.3 is 0 Å². The van der Waals surface area contributed by atoms with Crippen molar-refractivity contribution in [3.8, 4) is 11.3 Å². The molecular formula is C18H17ClFN5. The van der Waals surface area contributed by atoms with E-state index >= 15 is 0 Å². The Morgan fingerprint density at radius 1 is 1.24 bits per heavy atom. The van der Waals surface area contributed by atoms with E-state index in [1.807, 2.05) is 11.6 Å². The molecule has 128 valence electrons. The third kappa shape index (κ3) is 3.49. The monoisotopic (exact) mass is 357 g/mol. The lowest BCUT2D eigenvalue weighted by Crippen LogP contribution is -2.07. The Balaban J connectivity index is 1.74. The van der Waals surface area contributed by atoms with Gasteiger partial charge in [-0.1, -0.05) is 11.6 Å². The number of hydrogen-bond acceptors (Lipinski definition) is 4. The van der Waals surface area contributed by atoms with Crippen molar-refractivity contribution in [3.63, 3.8) is 0 Å². The molecule has 0 aliphatic heterocycles. The summed E-state index contributed by atoms with van der Waals surface area (Å²) in [5, 5.41) is 8.45. The molecule has 2 aromatic heterocycles. The molecule has 0 bridgehead atoms. The zero-order valence-electron chi connectivity index (χ0n) is 13.7. The maximum Gasteiger partial charge on any atom is 0.136 e. The fourth-order valence-electron chi connectivity index (χ4n) is 2.79. The van der Waals surface area contributed by atoms with Crippen LogP contribution in [0.2, 0.25) is 5.15 Å². The van der Waals surface area contributed by atoms with E-state index in [2.05, 4.69) is 15.3 Å². The summed E-state index contributed by atoms with van der Waals surface area (Å²) in [5.41, 5.74) is 2.71. The summed E-state index contributed by atoms with van der Waals surface area (Å²) in [6, 6.07) is 8.07. The average Bonchev–Trinajstić information content (AvgIpc) is 3.36. The van der Waals surface area contributed by atoms with Crippen molar-refractivity contribution >= 4 is 23.2 Å². The lowest BCUT2D eigenvalue weighted by atomic mass is 10.1. The summed E-state index contributed by atoms with van der Waals surface area (Å²) in [6.07, 6.45) is 3.87. The first-order chi connectivity index (χ1) is 12.1. The number of benzene rings is 1. The van der Waals surface area contributed by atoms with Gasteiger partial charge in [-0.3, -0.25) is 0 Å². The van der Waals surface area contributed by atoms with Gasteiger partial charge in [0, 0.05) is 23.7 Å². The topological polar surface area (TPSA) is 55.6 Å². The average molecular weight is 358 g/mol. The van der Waals surface area contributed by atoms with Crippen molar-refractivity contribution in [3.05, 3.63) is 53.2 Å². The molecule has 3 aromatic rings. The molecule has 0 amide bonds. The van der Waals surface area contributed by atoms with E-state index in [9.17, 15) is 4.39 Å². The predicted molar refractivity (Wildman–Crippen MR) is 95.4 cm³/mol. The van der Waals surface area contributed by atoms with Gasteiger partial charge in [-0.2, -0.15) is 5.10 Å². The van der Waals surface area contributed by atoms with Crippen LogP contribution in [0.1, 0.15) is 18.4 Å². The zero-order valence-corrected chi connectivity index (χ0v) is 14.5. The molecule has 1 fully saturated rings. The second-order valence-corrected chi connectivity index (χ2v) is 6.69. The van der Waals surface area contributed by atoms with Gasteiger partial charge in [0.25, 0.3) is 0 Å². The summed E-state index contributed by atoms with van der Waals surface area (Å²) in [7, 11) is 0. The molecule has 5 nitrogen and oxygen atoms in total. The van der Waals surface area contributed by atoms with E-state index in [1.54, 1.807) is 18.2 Å². The van der Waals surface area contributed by atoms with Crippen LogP contribution in [0.25, 0.3) is 11.3 Å². The maximum absolute atomic E-state index is 13.2. The SMILES string of the molecule is Cc1c(-c2ccc(F)cc2)nn(CC2CC2)c1Nc1cc(Cl)ncn1. The van der Waals surface area contributed by atoms with Crippen molar-refractivity contribution in [2.24, 2.45) is 5.92 Å². The van der Waals surface area contributed by atoms with Gasteiger partial charge < -0.3 is 5.32 Å². The smallest absolute Gasteiger partial charge is 0.136 e. The highest BCUT2D eigenvalue weighted by Gasteiger charge is 2.25. The van der Waals surface area contributed by atoms with Gasteiger partial charge in [0.15, 0.2) is 0 Å². The standard InChI is InChI=1S/C18H17ClFN5/c1-11-17(13-4-6-14(20)7-5-13)24-25(9-12-2-3-12)18(11)23-16-8-15(19)21-10-22-16/h4-8,10,12H,2-3,9H2,1H3,(H,21,22,23). The fourth-order valence-corrected chi connectivity index (χ4v) is 2.94. The molecule has 25 heavy (non-hydrogen) atoms. The number of nitrogens with zero attached hydrogens (tertiary/aromatic N) is 4. The lowest BCUT2D eigenvalue weighted by molar-refractivity contribution is 0.571. The molecule has 0 saturated heterocycles. The van der Waals surface area contributed by atoms with E-state index < -0.39 is 0 Å². The van der Waals surface area contributed by atoms with Crippen LogP contribution in [0.15, 0.2) is 36.7 Å². The van der Waals surface area contributed by atoms with Crippen molar-refractivity contribution in [2.45, 2.75) is 26.3 Å². The third-order valence-corrected chi connectivity index (χ3v) is 4.52. The Labute approximate surface area is 149 Å². The molecule has 1 aliphatic rings. The van der Waals surface area contributed by atoms with Crippen LogP contribution in [0.5, 0.6) is 0 Å². The maximum atomic E-state index is 13.2. The number of halogens is 2. The minimum absolute atomic E-state index is 0.257. The summed E-state index contributed by atoms with van der Waals surface area (Å²) >= 11 is 5.95. The van der Waals surface area contributed by atoms with Crippen molar-refractivity contribution in [1.82, 2.24) is 19.7 Å². The molecule has 0 radical (unpaired) electrons. The van der Waals surface area contributed by atoms with Gasteiger partial charge in [0.1, 0.15) is 28.9 Å². The Bertz CT molecular complexity index is 902. The quantitative estimate of drug-likeness (QED) is 0.678. The van der Waals surface area contributed by atoms with Crippen LogP contribution in [-0.4, -0.2) is 19.7 Å². The zero-order chi connectivity index (χ0) is 17.4. The largest absolute Gasteiger partial charge is 0.325 e. The van der Waals surface area contributed by atoms with Crippen LogP contribution >= 0.6 is 11.6 Å². The molecule has 0 unspecified atom stereocenters. The van der Waals surface area contributed by atoms with Gasteiger partial charge in [0.2, 0.25) is 0 Å². The highest BCUT2D eigenvalue weighted by molar-refractivity contribution is 6.29. The molecule has 2 heterocycles. The lowest BCUT2D eigenvalue weighted by Gasteiger charge is -2.10. The van der Waals surface area contributed by atoms with Gasteiger partial charge in [-0.15, -0.1) is 0 Å². The van der Waals surface area contributed by atoms with E-state index in [1.165, 1.54) is 31.3 Å². The second kappa shape index (κ2) is 6.44. The minimum atomic E-state index is -0.257. The molecule has 7 heteroatoms. The van der Waals surface area contributed by atoms with E-state index in [0.29, 0.717) is 16.9 Å². The first-order valence-corrected chi connectivity index (χ1v) is 8.56. The predicted octanol–water partition coefficient (Wildman–Crippen LogP) is 4.59. The van der Waals surface area contributed by atoms with Crippen molar-refractivity contribution < 1.29 is 4.39 Å². The Morgan fingerprint density at radius 3 is 2.68 bits per heavy atom. The van der Waals surface area contributed by atoms with Gasteiger partial charge in [-0.05, 0) is 49.9 Å². The van der Waals surface area contributed by atoms with Gasteiger partial charge in [-0.25, -0.2) is 19.0 Å². The number of aromatic nitrogens is 4. The van der Waals surface area contributed by atoms with Crippen molar-refractivity contribution in [1.29, 1.82) is 0 Å². The van der Waals surface area contributed by atoms with E-state index in [0.717, 1.165) is 29.2 Å². The molecule has 0 spiro atoms. The summed E-state index contributed by atoms with van der Waals surface area (Å²) in [6.45, 7) is 2.85. The van der Waals surface area contributed by atoms with Gasteiger partial charge in [0.05, 0.1) is 5.69 Å². The molecule has 1 aromatic carbocycles. The Hall–Kier alpha value is -2.47. The summed E-state index contributed by atoms with van der Waals surface area (Å²) in [5.74, 6) is 1.90. The van der Waals surface area contributed by atoms with Crippen LogP contribution in [0.4, 0.5) is 16.0 Å². The second-order valence-electron chi connectivity index (χ2n) is 6.31. The molecule has 0 atom stereocenters. The fraction of sp³-hybridized carbons (Fsp3) is 0.278. The van der Waals surface area contributed by atoms with E-state index in [-0.39, 0.29) is 5.82 Å². The molecule has 1 saturated carbocycles. The van der Waals surface area contributed by atoms with Crippen molar-refractivity contribution in [2.75, 3.05) is 5.32 Å². The van der Waals surface area contributed by atoms with Crippen LogP contribution in [-0.2, 0) is 6.54 Å². The first kappa shape index (κ1) is 16.0. The van der Waals surface area contributed by atoms with E-state index in [4.69, 9.17) is 16.7 Å². The number of hydrogen-bond donors (Lipinski definition) is 1. The minimum Gasteiger partial charge on any atom is -0.325 e. The van der Waals surface area contributed by atoms with Crippen LogP contribution in [0.3, 0.4) is 0 Å². The number of nitrogens with one attached hydrogen (secondary N) is 1. The van der Waals surface area contributed by atoms with Crippen LogP contribution < -0.4 is 5.32 Å². The number of anilines is 2. The molecular weight excluding hydrogens is 341 g/mol. The molecule has 1 aliphatic carbocycles. The third-order valence-electron chi connectivity index (χ3n) is 4.32. The highest BCUT2D eigenvalue weighted by Crippen LogP contribution is 2.35. The highest BCUT2D eigenvalue weighted by atomic mass is 35.5. The Morgan fingerprint density at radius 2 is 2.00 bits per heavy atom. The number of rotatable bonds is 5. The summed E-state index contributed by atoms with van der Waals surface area (Å²) < 4.78 is 15.2. The summed E-state index contributed by atoms with van der Waals surface area (Å²) in [4.78, 5) is 8.11. The molecule has 1 N–H and O–H groups in total. The first-order valence-electron chi connectivity index (χ1n) is 8.18. The Kier molecular flexibility index (Phi) is 4.13.